The zero-order valence-electron chi connectivity index (χ0n) is 16.4. The van der Waals surface area contributed by atoms with Gasteiger partial charge in [-0.05, 0) is 51.1 Å². The standard InChI is InChI=1S/C21H32N2O3/c1-4-16-8-5-6-13-23(16)21(24)15-22-12-7-9-19(22)18-11-10-17(25-2)14-20(18)26-3/h10-11,14,16,19H,4-9,12-13,15H2,1-3H3/t16-,19+/m1/s1. The zero-order chi connectivity index (χ0) is 18.5. The normalized spacial score (nSPS) is 23.9. The van der Waals surface area contributed by atoms with E-state index in [-0.39, 0.29) is 11.9 Å². The first-order chi connectivity index (χ1) is 12.7. The van der Waals surface area contributed by atoms with Crippen LogP contribution in [0.15, 0.2) is 18.2 Å². The van der Waals surface area contributed by atoms with Crippen LogP contribution in [-0.2, 0) is 4.79 Å². The smallest absolute Gasteiger partial charge is 0.237 e. The summed E-state index contributed by atoms with van der Waals surface area (Å²) in [5.74, 6) is 1.93. The maximum Gasteiger partial charge on any atom is 0.237 e. The molecule has 0 unspecified atom stereocenters. The van der Waals surface area contributed by atoms with Gasteiger partial charge >= 0.3 is 0 Å². The van der Waals surface area contributed by atoms with E-state index in [0.29, 0.717) is 12.6 Å². The van der Waals surface area contributed by atoms with Gasteiger partial charge in [0.15, 0.2) is 0 Å². The summed E-state index contributed by atoms with van der Waals surface area (Å²) < 4.78 is 10.9. The summed E-state index contributed by atoms with van der Waals surface area (Å²) in [5.41, 5.74) is 1.16. The van der Waals surface area contributed by atoms with Crippen LogP contribution in [-0.4, -0.2) is 55.6 Å². The van der Waals surface area contributed by atoms with Gasteiger partial charge in [0.05, 0.1) is 20.8 Å². The van der Waals surface area contributed by atoms with Crippen molar-refractivity contribution in [3.8, 4) is 11.5 Å². The number of hydrogen-bond donors (Lipinski definition) is 0. The van der Waals surface area contributed by atoms with Crippen LogP contribution in [0.5, 0.6) is 11.5 Å². The van der Waals surface area contributed by atoms with Crippen LogP contribution in [0.1, 0.15) is 57.1 Å². The fourth-order valence-corrected chi connectivity index (χ4v) is 4.48. The second-order valence-corrected chi connectivity index (χ2v) is 7.38. The van der Waals surface area contributed by atoms with Gasteiger partial charge in [0, 0.05) is 30.3 Å². The lowest BCUT2D eigenvalue weighted by molar-refractivity contribution is -0.136. The summed E-state index contributed by atoms with van der Waals surface area (Å²) in [5, 5.41) is 0. The fraction of sp³-hybridized carbons (Fsp3) is 0.667. The van der Waals surface area contributed by atoms with Crippen LogP contribution < -0.4 is 9.47 Å². The maximum absolute atomic E-state index is 13.0. The third-order valence-electron chi connectivity index (χ3n) is 5.92. The van der Waals surface area contributed by atoms with Gasteiger partial charge in [0.25, 0.3) is 0 Å². The molecule has 0 saturated carbocycles. The van der Waals surface area contributed by atoms with Crippen molar-refractivity contribution in [1.82, 2.24) is 9.80 Å². The summed E-state index contributed by atoms with van der Waals surface area (Å²) in [6, 6.07) is 6.66. The molecule has 2 aliphatic heterocycles. The minimum Gasteiger partial charge on any atom is -0.497 e. The lowest BCUT2D eigenvalue weighted by atomic mass is 9.99. The topological polar surface area (TPSA) is 42.0 Å². The van der Waals surface area contributed by atoms with Crippen molar-refractivity contribution in [2.75, 3.05) is 33.9 Å². The van der Waals surface area contributed by atoms with Crippen LogP contribution in [0.4, 0.5) is 0 Å². The van der Waals surface area contributed by atoms with E-state index in [1.807, 2.05) is 12.1 Å². The molecule has 3 rings (SSSR count). The molecule has 0 radical (unpaired) electrons. The first kappa shape index (κ1) is 19.0. The molecule has 1 aromatic carbocycles. The van der Waals surface area contributed by atoms with Crippen molar-refractivity contribution < 1.29 is 14.3 Å². The molecule has 2 atom stereocenters. The second-order valence-electron chi connectivity index (χ2n) is 7.38. The predicted molar refractivity (Wildman–Crippen MR) is 103 cm³/mol. The Morgan fingerprint density at radius 2 is 1.96 bits per heavy atom. The minimum atomic E-state index is 0.240. The molecule has 5 nitrogen and oxygen atoms in total. The highest BCUT2D eigenvalue weighted by Gasteiger charge is 2.33. The highest BCUT2D eigenvalue weighted by molar-refractivity contribution is 5.78. The van der Waals surface area contributed by atoms with E-state index in [4.69, 9.17) is 9.47 Å². The summed E-state index contributed by atoms with van der Waals surface area (Å²) in [7, 11) is 3.36. The lowest BCUT2D eigenvalue weighted by Crippen LogP contribution is -2.47. The monoisotopic (exact) mass is 360 g/mol. The number of carbonyl (C=O) groups excluding carboxylic acids is 1. The molecule has 2 saturated heterocycles. The van der Waals surface area contributed by atoms with E-state index in [0.717, 1.165) is 62.3 Å². The summed E-state index contributed by atoms with van der Waals surface area (Å²) in [6.07, 6.45) is 6.77. The average Bonchev–Trinajstić information content (AvgIpc) is 3.15. The van der Waals surface area contributed by atoms with Gasteiger partial charge in [0.1, 0.15) is 11.5 Å². The van der Waals surface area contributed by atoms with Gasteiger partial charge in [0.2, 0.25) is 5.91 Å². The van der Waals surface area contributed by atoms with Crippen molar-refractivity contribution >= 4 is 5.91 Å². The number of ether oxygens (including phenoxy) is 2. The van der Waals surface area contributed by atoms with Gasteiger partial charge in [-0.15, -0.1) is 0 Å². The molecule has 2 heterocycles. The Morgan fingerprint density at radius 3 is 2.69 bits per heavy atom. The number of methoxy groups -OCH3 is 2. The third-order valence-corrected chi connectivity index (χ3v) is 5.92. The first-order valence-corrected chi connectivity index (χ1v) is 9.93. The molecule has 1 aromatic rings. The summed E-state index contributed by atoms with van der Waals surface area (Å²) in [6.45, 7) is 4.59. The molecule has 2 aliphatic rings. The highest BCUT2D eigenvalue weighted by Crippen LogP contribution is 2.38. The van der Waals surface area contributed by atoms with Crippen LogP contribution in [0.3, 0.4) is 0 Å². The number of amides is 1. The van der Waals surface area contributed by atoms with E-state index in [9.17, 15) is 4.79 Å². The summed E-state index contributed by atoms with van der Waals surface area (Å²) >= 11 is 0. The molecule has 1 amide bonds. The Kier molecular flexibility index (Phi) is 6.41. The van der Waals surface area contributed by atoms with Crippen molar-refractivity contribution in [2.24, 2.45) is 0 Å². The predicted octanol–water partition coefficient (Wildman–Crippen LogP) is 3.63. The third kappa shape index (κ3) is 3.98. The molecule has 0 N–H and O–H groups in total. The van der Waals surface area contributed by atoms with Gasteiger partial charge in [-0.1, -0.05) is 13.0 Å². The molecule has 5 heteroatoms. The average molecular weight is 360 g/mol. The Balaban J connectivity index is 1.73. The lowest BCUT2D eigenvalue weighted by Gasteiger charge is -2.37. The molecule has 0 spiro atoms. The van der Waals surface area contributed by atoms with Gasteiger partial charge < -0.3 is 14.4 Å². The number of nitrogens with zero attached hydrogens (tertiary/aromatic N) is 2. The number of benzene rings is 1. The molecular formula is C21H32N2O3. The number of carbonyl (C=O) groups is 1. The van der Waals surface area contributed by atoms with Crippen molar-refractivity contribution in [2.45, 2.75) is 57.5 Å². The highest BCUT2D eigenvalue weighted by atomic mass is 16.5. The van der Waals surface area contributed by atoms with Crippen molar-refractivity contribution in [3.05, 3.63) is 23.8 Å². The van der Waals surface area contributed by atoms with E-state index in [1.54, 1.807) is 14.2 Å². The Bertz CT molecular complexity index is 619. The van der Waals surface area contributed by atoms with Crippen LogP contribution >= 0.6 is 0 Å². The van der Waals surface area contributed by atoms with Crippen LogP contribution in [0, 0.1) is 0 Å². The number of rotatable bonds is 6. The van der Waals surface area contributed by atoms with Gasteiger partial charge in [-0.3, -0.25) is 9.69 Å². The Morgan fingerprint density at radius 1 is 1.12 bits per heavy atom. The number of piperidine rings is 1. The fourth-order valence-electron chi connectivity index (χ4n) is 4.48. The maximum atomic E-state index is 13.0. The molecule has 0 aromatic heterocycles. The Labute approximate surface area is 157 Å². The van der Waals surface area contributed by atoms with Gasteiger partial charge in [-0.25, -0.2) is 0 Å². The van der Waals surface area contributed by atoms with E-state index in [2.05, 4.69) is 22.8 Å². The number of hydrogen-bond acceptors (Lipinski definition) is 4. The molecule has 0 bridgehead atoms. The molecule has 0 aliphatic carbocycles. The second kappa shape index (κ2) is 8.76. The van der Waals surface area contributed by atoms with E-state index in [1.165, 1.54) is 6.42 Å². The van der Waals surface area contributed by atoms with Crippen LogP contribution in [0.25, 0.3) is 0 Å². The largest absolute Gasteiger partial charge is 0.497 e. The van der Waals surface area contributed by atoms with Gasteiger partial charge in [-0.2, -0.15) is 0 Å². The SMILES string of the molecule is CC[C@@H]1CCCCN1C(=O)CN1CCC[C@H]1c1ccc(OC)cc1OC. The summed E-state index contributed by atoms with van der Waals surface area (Å²) in [4.78, 5) is 17.4. The molecule has 144 valence electrons. The minimum absolute atomic E-state index is 0.240. The van der Waals surface area contributed by atoms with Crippen molar-refractivity contribution in [1.29, 1.82) is 0 Å². The van der Waals surface area contributed by atoms with Crippen LogP contribution in [0.2, 0.25) is 0 Å². The van der Waals surface area contributed by atoms with E-state index >= 15 is 0 Å². The van der Waals surface area contributed by atoms with Crippen molar-refractivity contribution in [3.63, 3.8) is 0 Å². The zero-order valence-corrected chi connectivity index (χ0v) is 16.4. The number of likely N-dealkylation sites (tertiary alicyclic amines) is 2. The molecular weight excluding hydrogens is 328 g/mol. The Hall–Kier alpha value is -1.75. The quantitative estimate of drug-likeness (QED) is 0.777. The first-order valence-electron chi connectivity index (χ1n) is 9.93. The van der Waals surface area contributed by atoms with E-state index < -0.39 is 0 Å². The molecule has 26 heavy (non-hydrogen) atoms. The molecule has 2 fully saturated rings.